The third-order valence-electron chi connectivity index (χ3n) is 3.71. The zero-order valence-electron chi connectivity index (χ0n) is 10.4. The first-order chi connectivity index (χ1) is 9.27. The normalized spacial score (nSPS) is 18.9. The lowest BCUT2D eigenvalue weighted by Crippen LogP contribution is -2.41. The molecule has 1 saturated carbocycles. The average Bonchev–Trinajstić information content (AvgIpc) is 2.38. The van der Waals surface area contributed by atoms with Crippen LogP contribution in [0.4, 0.5) is 13.2 Å². The van der Waals surface area contributed by atoms with Gasteiger partial charge in [0.25, 0.3) is 0 Å². The molecule has 1 aromatic heterocycles. The number of pyridine rings is 1. The molecule has 0 bridgehead atoms. The van der Waals surface area contributed by atoms with Crippen LogP contribution in [0.5, 0.6) is 0 Å². The summed E-state index contributed by atoms with van der Waals surface area (Å²) in [6, 6.07) is 1.09. The zero-order valence-corrected chi connectivity index (χ0v) is 10.4. The molecule has 1 aliphatic carbocycles. The van der Waals surface area contributed by atoms with Crippen LogP contribution >= 0.6 is 0 Å². The van der Waals surface area contributed by atoms with Crippen LogP contribution in [0, 0.1) is 0 Å². The van der Waals surface area contributed by atoms with Crippen LogP contribution in [0.15, 0.2) is 18.5 Å². The molecule has 1 N–H and O–H groups in total. The number of carboxylic acid groups (broad SMARTS) is 1. The summed E-state index contributed by atoms with van der Waals surface area (Å²) >= 11 is 0. The number of hydrogen-bond acceptors (Lipinski definition) is 3. The molecule has 1 aliphatic rings. The number of hydrogen-bond donors (Lipinski definition) is 1. The van der Waals surface area contributed by atoms with Gasteiger partial charge in [0.15, 0.2) is 0 Å². The van der Waals surface area contributed by atoms with Crippen molar-refractivity contribution in [2.75, 3.05) is 0 Å². The van der Waals surface area contributed by atoms with Gasteiger partial charge in [0, 0.05) is 25.2 Å². The van der Waals surface area contributed by atoms with Gasteiger partial charge in [-0.2, -0.15) is 13.2 Å². The van der Waals surface area contributed by atoms with Crippen molar-refractivity contribution in [3.05, 3.63) is 29.6 Å². The van der Waals surface area contributed by atoms with E-state index in [-0.39, 0.29) is 37.0 Å². The minimum absolute atomic E-state index is 0.0219. The van der Waals surface area contributed by atoms with Gasteiger partial charge < -0.3 is 5.11 Å². The highest BCUT2D eigenvalue weighted by Gasteiger charge is 2.48. The number of halogens is 3. The zero-order chi connectivity index (χ0) is 15.0. The van der Waals surface area contributed by atoms with Crippen molar-refractivity contribution in [2.45, 2.75) is 37.3 Å². The van der Waals surface area contributed by atoms with Gasteiger partial charge in [-0.3, -0.25) is 14.6 Å². The summed E-state index contributed by atoms with van der Waals surface area (Å²) in [4.78, 5) is 26.3. The first kappa shape index (κ1) is 14.5. The van der Waals surface area contributed by atoms with Gasteiger partial charge in [-0.05, 0) is 24.5 Å². The minimum atomic E-state index is -4.67. The van der Waals surface area contributed by atoms with E-state index in [4.69, 9.17) is 0 Å². The highest BCUT2D eigenvalue weighted by Crippen LogP contribution is 2.44. The predicted molar refractivity (Wildman–Crippen MR) is 62.0 cm³/mol. The lowest BCUT2D eigenvalue weighted by molar-refractivity contribution is -0.148. The van der Waals surface area contributed by atoms with Crippen molar-refractivity contribution in [3.63, 3.8) is 0 Å². The molecule has 108 valence electrons. The van der Waals surface area contributed by atoms with Crippen LogP contribution in [0.3, 0.4) is 0 Å². The smallest absolute Gasteiger partial charge is 0.418 e. The van der Waals surface area contributed by atoms with Gasteiger partial charge in [-0.25, -0.2) is 0 Å². The molecule has 4 nitrogen and oxygen atoms in total. The maximum absolute atomic E-state index is 13.0. The number of aliphatic carboxylic acids is 1. The number of ketones is 1. The van der Waals surface area contributed by atoms with E-state index in [1.807, 2.05) is 0 Å². The Morgan fingerprint density at radius 1 is 1.30 bits per heavy atom. The fourth-order valence-electron chi connectivity index (χ4n) is 2.59. The SMILES string of the molecule is O=C1CCC(C(=O)O)(c2ccncc2C(F)(F)F)CC1. The lowest BCUT2D eigenvalue weighted by atomic mass is 9.68. The number of nitrogens with zero attached hydrogens (tertiary/aromatic N) is 1. The molecule has 0 saturated heterocycles. The molecule has 1 heterocycles. The van der Waals surface area contributed by atoms with E-state index in [0.29, 0.717) is 6.20 Å². The van der Waals surface area contributed by atoms with E-state index < -0.39 is 23.1 Å². The Hall–Kier alpha value is -1.92. The number of aromatic nitrogens is 1. The van der Waals surface area contributed by atoms with Gasteiger partial charge >= 0.3 is 12.1 Å². The van der Waals surface area contributed by atoms with E-state index >= 15 is 0 Å². The first-order valence-electron chi connectivity index (χ1n) is 6.04. The molecule has 0 amide bonds. The molecule has 0 aliphatic heterocycles. The molecule has 7 heteroatoms. The largest absolute Gasteiger partial charge is 0.481 e. The molecule has 0 unspecified atom stereocenters. The van der Waals surface area contributed by atoms with Crippen LogP contribution in [0.1, 0.15) is 36.8 Å². The molecule has 0 spiro atoms. The topological polar surface area (TPSA) is 67.3 Å². The van der Waals surface area contributed by atoms with Crippen molar-refractivity contribution in [3.8, 4) is 0 Å². The highest BCUT2D eigenvalue weighted by atomic mass is 19.4. The summed E-state index contributed by atoms with van der Waals surface area (Å²) in [5, 5.41) is 9.42. The standard InChI is InChI=1S/C13H12F3NO3/c14-13(15,16)10-7-17-6-3-9(10)12(11(19)20)4-1-8(18)2-5-12/h3,6-7H,1-2,4-5H2,(H,19,20). The molecule has 0 radical (unpaired) electrons. The fraction of sp³-hybridized carbons (Fsp3) is 0.462. The van der Waals surface area contributed by atoms with Crippen LogP contribution in [-0.2, 0) is 21.2 Å². The molecule has 1 aromatic rings. The Labute approximate surface area is 112 Å². The van der Waals surface area contributed by atoms with E-state index in [0.717, 1.165) is 12.3 Å². The average molecular weight is 287 g/mol. The molecule has 2 rings (SSSR count). The van der Waals surface area contributed by atoms with Crippen molar-refractivity contribution >= 4 is 11.8 Å². The molecule has 0 aromatic carbocycles. The number of rotatable bonds is 2. The maximum Gasteiger partial charge on any atom is 0.418 e. The van der Waals surface area contributed by atoms with Gasteiger partial charge in [0.1, 0.15) is 5.78 Å². The number of Topliss-reactive ketones (excluding diaryl/α,β-unsaturated/α-hetero) is 1. The van der Waals surface area contributed by atoms with Crippen LogP contribution in [-0.4, -0.2) is 21.8 Å². The van der Waals surface area contributed by atoms with Crippen molar-refractivity contribution in [2.24, 2.45) is 0 Å². The summed E-state index contributed by atoms with van der Waals surface area (Å²) in [6.07, 6.45) is -3.17. The molecular weight excluding hydrogens is 275 g/mol. The molecule has 20 heavy (non-hydrogen) atoms. The van der Waals surface area contributed by atoms with E-state index in [2.05, 4.69) is 4.98 Å². The molecule has 1 fully saturated rings. The number of carbonyl (C=O) groups excluding carboxylic acids is 1. The van der Waals surface area contributed by atoms with E-state index in [1.165, 1.54) is 0 Å². The first-order valence-corrected chi connectivity index (χ1v) is 6.04. The fourth-order valence-corrected chi connectivity index (χ4v) is 2.59. The van der Waals surface area contributed by atoms with Crippen LogP contribution in [0.25, 0.3) is 0 Å². The summed E-state index contributed by atoms with van der Waals surface area (Å²) in [6.45, 7) is 0. The monoisotopic (exact) mass is 287 g/mol. The summed E-state index contributed by atoms with van der Waals surface area (Å²) in [5.41, 5.74) is -3.02. The van der Waals surface area contributed by atoms with Crippen LogP contribution < -0.4 is 0 Å². The van der Waals surface area contributed by atoms with Gasteiger partial charge in [0.05, 0.1) is 11.0 Å². The van der Waals surface area contributed by atoms with Gasteiger partial charge in [0.2, 0.25) is 0 Å². The van der Waals surface area contributed by atoms with Crippen molar-refractivity contribution in [1.82, 2.24) is 4.98 Å². The third kappa shape index (κ3) is 2.39. The Kier molecular flexibility index (Phi) is 3.54. The van der Waals surface area contributed by atoms with E-state index in [1.54, 1.807) is 0 Å². The number of carboxylic acids is 1. The van der Waals surface area contributed by atoms with Crippen molar-refractivity contribution in [1.29, 1.82) is 0 Å². The summed E-state index contributed by atoms with van der Waals surface area (Å²) in [7, 11) is 0. The molecule has 0 atom stereocenters. The second-order valence-electron chi connectivity index (χ2n) is 4.84. The van der Waals surface area contributed by atoms with Crippen molar-refractivity contribution < 1.29 is 27.9 Å². The Bertz CT molecular complexity index is 544. The number of carbonyl (C=O) groups is 2. The van der Waals surface area contributed by atoms with Crippen LogP contribution in [0.2, 0.25) is 0 Å². The van der Waals surface area contributed by atoms with E-state index in [9.17, 15) is 27.9 Å². The summed E-state index contributed by atoms with van der Waals surface area (Å²) < 4.78 is 39.0. The minimum Gasteiger partial charge on any atom is -0.481 e. The Morgan fingerprint density at radius 2 is 1.90 bits per heavy atom. The third-order valence-corrected chi connectivity index (χ3v) is 3.71. The predicted octanol–water partition coefficient (Wildman–Crippen LogP) is 2.57. The number of alkyl halides is 3. The maximum atomic E-state index is 13.0. The Morgan fingerprint density at radius 3 is 2.40 bits per heavy atom. The lowest BCUT2D eigenvalue weighted by Gasteiger charge is -2.34. The van der Waals surface area contributed by atoms with Gasteiger partial charge in [-0.1, -0.05) is 0 Å². The van der Waals surface area contributed by atoms with Gasteiger partial charge in [-0.15, -0.1) is 0 Å². The highest BCUT2D eigenvalue weighted by molar-refractivity contribution is 5.87. The second kappa shape index (κ2) is 4.88. The second-order valence-corrected chi connectivity index (χ2v) is 4.84. The Balaban J connectivity index is 2.57. The molecular formula is C13H12F3NO3. The summed E-state index contributed by atoms with van der Waals surface area (Å²) in [5.74, 6) is -1.45. The quantitative estimate of drug-likeness (QED) is 0.907.